The van der Waals surface area contributed by atoms with Gasteiger partial charge in [-0.05, 0) is 42.8 Å². The molecule has 196 valence electrons. The van der Waals surface area contributed by atoms with Gasteiger partial charge in [0.1, 0.15) is 11.5 Å². The number of pyridine rings is 1. The highest BCUT2D eigenvalue weighted by atomic mass is 35.5. The fourth-order valence-electron chi connectivity index (χ4n) is 5.17. The van der Waals surface area contributed by atoms with Gasteiger partial charge in [0.05, 0.1) is 17.0 Å². The zero-order chi connectivity index (χ0) is 26.9. The molecule has 2 aromatic heterocycles. The molecule has 1 aliphatic heterocycles. The van der Waals surface area contributed by atoms with Crippen molar-refractivity contribution in [3.05, 3.63) is 119 Å². The van der Waals surface area contributed by atoms with Gasteiger partial charge in [0.15, 0.2) is 0 Å². The van der Waals surface area contributed by atoms with Crippen molar-refractivity contribution in [2.24, 2.45) is 0 Å². The number of carbonyl (C=O) groups is 1. The Morgan fingerprint density at radius 3 is 2.31 bits per heavy atom. The molecule has 39 heavy (non-hydrogen) atoms. The van der Waals surface area contributed by atoms with Crippen LogP contribution in [-0.4, -0.2) is 51.3 Å². The molecule has 0 atom stereocenters. The number of hydrogen-bond donors (Lipinski definition) is 0. The molecule has 0 N–H and O–H groups in total. The predicted octanol–water partition coefficient (Wildman–Crippen LogP) is 6.73. The molecule has 7 heteroatoms. The molecule has 1 amide bonds. The maximum atomic E-state index is 14.2. The molecule has 0 saturated carbocycles. The second-order valence-electron chi connectivity index (χ2n) is 9.95. The summed E-state index contributed by atoms with van der Waals surface area (Å²) in [6.45, 7) is 5.18. The van der Waals surface area contributed by atoms with E-state index in [4.69, 9.17) is 16.6 Å². The average molecular weight is 539 g/mol. The fourth-order valence-corrected chi connectivity index (χ4v) is 5.41. The lowest BCUT2D eigenvalue weighted by molar-refractivity contribution is 0.0622. The third-order valence-electron chi connectivity index (χ3n) is 7.36. The Morgan fingerprint density at radius 1 is 0.872 bits per heavy atom. The van der Waals surface area contributed by atoms with E-state index in [9.17, 15) is 9.18 Å². The molecule has 5 aromatic rings. The molecule has 5 nitrogen and oxygen atoms in total. The monoisotopic (exact) mass is 538 g/mol. The van der Waals surface area contributed by atoms with Gasteiger partial charge in [0.2, 0.25) is 0 Å². The van der Waals surface area contributed by atoms with E-state index in [-0.39, 0.29) is 11.5 Å². The number of benzene rings is 3. The number of halogens is 2. The smallest absolute Gasteiger partial charge is 0.256 e. The van der Waals surface area contributed by atoms with Crippen molar-refractivity contribution in [2.75, 3.05) is 26.2 Å². The first-order chi connectivity index (χ1) is 19.0. The van der Waals surface area contributed by atoms with Crippen LogP contribution in [0.25, 0.3) is 28.0 Å². The molecule has 1 fully saturated rings. The Hall–Kier alpha value is -4.00. The van der Waals surface area contributed by atoms with Crippen molar-refractivity contribution in [1.82, 2.24) is 19.2 Å². The number of carbonyl (C=O) groups excluding carboxylic acids is 1. The van der Waals surface area contributed by atoms with Crippen LogP contribution in [0.5, 0.6) is 0 Å². The fraction of sp³-hybridized carbons (Fsp3) is 0.188. The lowest BCUT2D eigenvalue weighted by Gasteiger charge is -2.34. The topological polar surface area (TPSA) is 40.9 Å². The van der Waals surface area contributed by atoms with E-state index in [0.717, 1.165) is 33.7 Å². The van der Waals surface area contributed by atoms with Crippen molar-refractivity contribution in [1.29, 1.82) is 0 Å². The summed E-state index contributed by atoms with van der Waals surface area (Å²) < 4.78 is 16.4. The largest absolute Gasteiger partial charge is 0.336 e. The highest BCUT2D eigenvalue weighted by Gasteiger charge is 2.26. The van der Waals surface area contributed by atoms with Crippen LogP contribution in [0.2, 0.25) is 5.02 Å². The lowest BCUT2D eigenvalue weighted by atomic mass is 10.1. The van der Waals surface area contributed by atoms with Gasteiger partial charge in [0, 0.05) is 55.1 Å². The van der Waals surface area contributed by atoms with E-state index in [1.54, 1.807) is 23.1 Å². The number of imidazole rings is 1. The van der Waals surface area contributed by atoms with Gasteiger partial charge < -0.3 is 9.30 Å². The minimum Gasteiger partial charge on any atom is -0.336 e. The summed E-state index contributed by atoms with van der Waals surface area (Å²) in [6.07, 6.45) is 2.11. The zero-order valence-corrected chi connectivity index (χ0v) is 22.4. The number of hydrogen-bond acceptors (Lipinski definition) is 3. The second-order valence-corrected chi connectivity index (χ2v) is 10.4. The summed E-state index contributed by atoms with van der Waals surface area (Å²) >= 11 is 6.53. The molecule has 0 unspecified atom stereocenters. The number of rotatable bonds is 5. The molecule has 6 rings (SSSR count). The van der Waals surface area contributed by atoms with E-state index >= 15 is 0 Å². The quantitative estimate of drug-likeness (QED) is 0.249. The van der Waals surface area contributed by atoms with Crippen LogP contribution in [0, 0.1) is 12.7 Å². The Balaban J connectivity index is 1.31. The summed E-state index contributed by atoms with van der Waals surface area (Å²) in [5.41, 5.74) is 7.26. The van der Waals surface area contributed by atoms with E-state index < -0.39 is 5.82 Å². The van der Waals surface area contributed by atoms with Gasteiger partial charge in [-0.3, -0.25) is 9.69 Å². The van der Waals surface area contributed by atoms with Gasteiger partial charge in [-0.1, -0.05) is 71.8 Å². The minimum atomic E-state index is -0.479. The van der Waals surface area contributed by atoms with E-state index in [0.29, 0.717) is 37.7 Å². The zero-order valence-electron chi connectivity index (χ0n) is 21.6. The van der Waals surface area contributed by atoms with Gasteiger partial charge in [-0.25, -0.2) is 9.37 Å². The summed E-state index contributed by atoms with van der Waals surface area (Å²) in [5.74, 6) is -0.736. The number of amides is 1. The summed E-state index contributed by atoms with van der Waals surface area (Å²) in [7, 11) is 0. The van der Waals surface area contributed by atoms with Crippen LogP contribution < -0.4 is 0 Å². The first-order valence-electron chi connectivity index (χ1n) is 13.1. The third-order valence-corrected chi connectivity index (χ3v) is 7.69. The maximum Gasteiger partial charge on any atom is 0.256 e. The molecule has 0 radical (unpaired) electrons. The highest BCUT2D eigenvalue weighted by molar-refractivity contribution is 6.33. The minimum absolute atomic E-state index is 0.126. The SMILES string of the molecule is Cc1ccc(-c2nc3ccc(-c4ccccc4Cl)cn3c2CN2CCN(C(=O)c3ccccc3F)CC2)cc1. The van der Waals surface area contributed by atoms with Gasteiger partial charge in [-0.15, -0.1) is 0 Å². The third kappa shape index (κ3) is 5.05. The molecule has 3 aromatic carbocycles. The van der Waals surface area contributed by atoms with Crippen molar-refractivity contribution in [3.63, 3.8) is 0 Å². The summed E-state index contributed by atoms with van der Waals surface area (Å²) in [6, 6.07) is 26.5. The molecule has 1 saturated heterocycles. The number of nitrogens with zero attached hydrogens (tertiary/aromatic N) is 4. The standard InChI is InChI=1S/C32H28ClFN4O/c1-22-10-12-23(13-11-22)31-29(38-20-24(14-15-30(38)35-31)25-6-2-4-8-27(25)33)21-36-16-18-37(19-17-36)32(39)26-7-3-5-9-28(26)34/h2-15,20H,16-19,21H2,1H3. The predicted molar refractivity (Wildman–Crippen MR) is 153 cm³/mol. The van der Waals surface area contributed by atoms with Crippen LogP contribution in [0.15, 0.2) is 91.1 Å². The number of piperazine rings is 1. The van der Waals surface area contributed by atoms with E-state index in [2.05, 4.69) is 52.8 Å². The normalized spacial score (nSPS) is 14.2. The van der Waals surface area contributed by atoms with Crippen molar-refractivity contribution in [3.8, 4) is 22.4 Å². The van der Waals surface area contributed by atoms with Gasteiger partial charge in [-0.2, -0.15) is 0 Å². The Labute approximate surface area is 232 Å². The molecule has 1 aliphatic rings. The first kappa shape index (κ1) is 25.3. The Kier molecular flexibility index (Phi) is 6.90. The van der Waals surface area contributed by atoms with Crippen LogP contribution in [0.3, 0.4) is 0 Å². The summed E-state index contributed by atoms with van der Waals surface area (Å²) in [4.78, 5) is 22.0. The average Bonchev–Trinajstić information content (AvgIpc) is 3.31. The Bertz CT molecular complexity index is 1660. The lowest BCUT2D eigenvalue weighted by Crippen LogP contribution is -2.48. The van der Waals surface area contributed by atoms with Crippen molar-refractivity contribution < 1.29 is 9.18 Å². The molecule has 3 heterocycles. The number of aryl methyl sites for hydroxylation is 1. The molecular formula is C32H28ClFN4O. The number of fused-ring (bicyclic) bond motifs is 1. The maximum absolute atomic E-state index is 14.2. The van der Waals surface area contributed by atoms with E-state index in [1.165, 1.54) is 11.6 Å². The molecule has 0 bridgehead atoms. The highest BCUT2D eigenvalue weighted by Crippen LogP contribution is 2.31. The first-order valence-corrected chi connectivity index (χ1v) is 13.4. The summed E-state index contributed by atoms with van der Waals surface area (Å²) in [5, 5.41) is 0.702. The van der Waals surface area contributed by atoms with E-state index in [1.807, 2.05) is 30.3 Å². The molecule has 0 aliphatic carbocycles. The van der Waals surface area contributed by atoms with Crippen LogP contribution in [0.1, 0.15) is 21.6 Å². The van der Waals surface area contributed by atoms with Crippen LogP contribution in [0.4, 0.5) is 4.39 Å². The molecule has 0 spiro atoms. The van der Waals surface area contributed by atoms with Crippen molar-refractivity contribution >= 4 is 23.2 Å². The Morgan fingerprint density at radius 2 is 1.56 bits per heavy atom. The number of aromatic nitrogens is 2. The van der Waals surface area contributed by atoms with Crippen molar-refractivity contribution in [2.45, 2.75) is 13.5 Å². The van der Waals surface area contributed by atoms with Crippen LogP contribution in [-0.2, 0) is 6.54 Å². The van der Waals surface area contributed by atoms with Gasteiger partial charge >= 0.3 is 0 Å². The molecular weight excluding hydrogens is 511 g/mol. The second kappa shape index (κ2) is 10.6. The van der Waals surface area contributed by atoms with Crippen LogP contribution >= 0.6 is 11.6 Å². The van der Waals surface area contributed by atoms with Gasteiger partial charge in [0.25, 0.3) is 5.91 Å².